The highest BCUT2D eigenvalue weighted by Crippen LogP contribution is 2.25. The lowest BCUT2D eigenvalue weighted by Crippen LogP contribution is -2.42. The summed E-state index contributed by atoms with van der Waals surface area (Å²) in [6, 6.07) is 0. The van der Waals surface area contributed by atoms with Gasteiger partial charge in [-0.1, -0.05) is 0 Å². The van der Waals surface area contributed by atoms with Crippen LogP contribution in [0.5, 0.6) is 0 Å². The van der Waals surface area contributed by atoms with Gasteiger partial charge in [0.1, 0.15) is 4.88 Å². The molecule has 0 saturated carbocycles. The van der Waals surface area contributed by atoms with E-state index in [-0.39, 0.29) is 11.8 Å². The molecule has 2 amide bonds. The number of morpholine rings is 1. The van der Waals surface area contributed by atoms with Gasteiger partial charge in [-0.05, 0) is 39.0 Å². The van der Waals surface area contributed by atoms with E-state index < -0.39 is 0 Å². The molecule has 3 rings (SSSR count). The quantitative estimate of drug-likeness (QED) is 0.821. The monoisotopic (exact) mass is 365 g/mol. The van der Waals surface area contributed by atoms with Crippen molar-refractivity contribution in [1.29, 1.82) is 0 Å². The number of rotatable bonds is 4. The van der Waals surface area contributed by atoms with Crippen molar-refractivity contribution in [2.24, 2.45) is 5.92 Å². The van der Waals surface area contributed by atoms with Crippen LogP contribution in [0.25, 0.3) is 0 Å². The van der Waals surface area contributed by atoms with Crippen LogP contribution in [0.4, 0.5) is 0 Å². The van der Waals surface area contributed by atoms with Crippen molar-refractivity contribution < 1.29 is 14.3 Å². The van der Waals surface area contributed by atoms with E-state index in [2.05, 4.69) is 4.98 Å². The summed E-state index contributed by atoms with van der Waals surface area (Å²) >= 11 is 1.48. The highest BCUT2D eigenvalue weighted by atomic mass is 32.1. The number of hydrogen-bond donors (Lipinski definition) is 0. The molecular formula is C18H27N3O3S. The summed E-state index contributed by atoms with van der Waals surface area (Å²) in [6.45, 7) is 8.10. The second-order valence-corrected chi connectivity index (χ2v) is 8.14. The minimum atomic E-state index is 0.104. The maximum atomic E-state index is 12.8. The van der Waals surface area contributed by atoms with Crippen LogP contribution in [0.2, 0.25) is 0 Å². The van der Waals surface area contributed by atoms with E-state index in [4.69, 9.17) is 4.74 Å². The summed E-state index contributed by atoms with van der Waals surface area (Å²) in [4.78, 5) is 34.1. The second kappa shape index (κ2) is 8.27. The van der Waals surface area contributed by atoms with Crippen molar-refractivity contribution in [3.63, 3.8) is 0 Å². The average molecular weight is 365 g/mol. The van der Waals surface area contributed by atoms with E-state index in [1.807, 2.05) is 23.6 Å². The Morgan fingerprint density at radius 3 is 2.64 bits per heavy atom. The third-order valence-electron chi connectivity index (χ3n) is 5.03. The third-order valence-corrected chi connectivity index (χ3v) is 6.10. The standard InChI is InChI=1S/C18H27N3O3S/c1-13-17(25-14(2)19-13)18(23)21-7-3-4-15(12-21)5-6-16(22)20-8-10-24-11-9-20/h15H,3-12H2,1-2H3. The van der Waals surface area contributed by atoms with Crippen molar-refractivity contribution in [2.45, 2.75) is 39.5 Å². The van der Waals surface area contributed by atoms with Gasteiger partial charge in [-0.15, -0.1) is 11.3 Å². The fourth-order valence-electron chi connectivity index (χ4n) is 3.66. The number of carbonyl (C=O) groups excluding carboxylic acids is 2. The number of amides is 2. The van der Waals surface area contributed by atoms with Gasteiger partial charge in [0.15, 0.2) is 0 Å². The Morgan fingerprint density at radius 1 is 1.20 bits per heavy atom. The Kier molecular flexibility index (Phi) is 6.06. The van der Waals surface area contributed by atoms with E-state index in [1.54, 1.807) is 0 Å². The van der Waals surface area contributed by atoms with Gasteiger partial charge in [-0.3, -0.25) is 9.59 Å². The number of likely N-dealkylation sites (tertiary alicyclic amines) is 1. The number of carbonyl (C=O) groups is 2. The first kappa shape index (κ1) is 18.3. The van der Waals surface area contributed by atoms with Gasteiger partial charge in [-0.25, -0.2) is 4.98 Å². The molecule has 0 radical (unpaired) electrons. The molecule has 7 heteroatoms. The van der Waals surface area contributed by atoms with Gasteiger partial charge >= 0.3 is 0 Å². The number of nitrogens with zero attached hydrogens (tertiary/aromatic N) is 3. The predicted octanol–water partition coefficient (Wildman–Crippen LogP) is 2.25. The highest BCUT2D eigenvalue weighted by Gasteiger charge is 2.27. The summed E-state index contributed by atoms with van der Waals surface area (Å²) in [5.41, 5.74) is 0.831. The molecule has 1 atom stereocenters. The van der Waals surface area contributed by atoms with Crippen LogP contribution < -0.4 is 0 Å². The molecular weight excluding hydrogens is 338 g/mol. The number of aryl methyl sites for hydroxylation is 2. The fourth-order valence-corrected chi connectivity index (χ4v) is 4.54. The van der Waals surface area contributed by atoms with Crippen LogP contribution in [0.15, 0.2) is 0 Å². The summed E-state index contributed by atoms with van der Waals surface area (Å²) in [5, 5.41) is 0.936. The van der Waals surface area contributed by atoms with E-state index in [0.717, 1.165) is 47.9 Å². The molecule has 0 spiro atoms. The first-order valence-corrected chi connectivity index (χ1v) is 9.95. The highest BCUT2D eigenvalue weighted by molar-refractivity contribution is 7.13. The van der Waals surface area contributed by atoms with Crippen LogP contribution in [0.3, 0.4) is 0 Å². The Bertz CT molecular complexity index is 625. The Balaban J connectivity index is 1.51. The molecule has 25 heavy (non-hydrogen) atoms. The van der Waals surface area contributed by atoms with E-state index >= 15 is 0 Å². The molecule has 0 bridgehead atoms. The largest absolute Gasteiger partial charge is 0.378 e. The lowest BCUT2D eigenvalue weighted by atomic mass is 9.93. The van der Waals surface area contributed by atoms with Gasteiger partial charge in [-0.2, -0.15) is 0 Å². The molecule has 2 saturated heterocycles. The zero-order valence-corrected chi connectivity index (χ0v) is 15.9. The number of hydrogen-bond acceptors (Lipinski definition) is 5. The number of piperidine rings is 1. The van der Waals surface area contributed by atoms with Crippen LogP contribution in [0.1, 0.15) is 46.1 Å². The fraction of sp³-hybridized carbons (Fsp3) is 0.722. The van der Waals surface area contributed by atoms with Crippen molar-refractivity contribution in [2.75, 3.05) is 39.4 Å². The zero-order valence-electron chi connectivity index (χ0n) is 15.1. The van der Waals surface area contributed by atoms with E-state index in [0.29, 0.717) is 38.6 Å². The molecule has 1 aromatic heterocycles. The normalized spacial score (nSPS) is 21.4. The number of aromatic nitrogens is 1. The maximum Gasteiger partial charge on any atom is 0.265 e. The summed E-state index contributed by atoms with van der Waals surface area (Å²) in [5.74, 6) is 0.741. The number of ether oxygens (including phenoxy) is 1. The molecule has 138 valence electrons. The molecule has 0 aliphatic carbocycles. The summed E-state index contributed by atoms with van der Waals surface area (Å²) < 4.78 is 5.30. The van der Waals surface area contributed by atoms with Gasteiger partial charge in [0.2, 0.25) is 5.91 Å². The lowest BCUT2D eigenvalue weighted by Gasteiger charge is -2.33. The second-order valence-electron chi connectivity index (χ2n) is 6.94. The summed E-state index contributed by atoms with van der Waals surface area (Å²) in [7, 11) is 0. The first-order valence-electron chi connectivity index (χ1n) is 9.13. The van der Waals surface area contributed by atoms with Crippen LogP contribution in [-0.4, -0.2) is 66.0 Å². The van der Waals surface area contributed by atoms with E-state index in [1.165, 1.54) is 11.3 Å². The molecule has 1 unspecified atom stereocenters. The number of thiazole rings is 1. The minimum Gasteiger partial charge on any atom is -0.378 e. The van der Waals surface area contributed by atoms with Crippen LogP contribution in [-0.2, 0) is 9.53 Å². The molecule has 3 heterocycles. The molecule has 0 aromatic carbocycles. The van der Waals surface area contributed by atoms with Gasteiger partial charge in [0.05, 0.1) is 23.9 Å². The van der Waals surface area contributed by atoms with Crippen molar-refractivity contribution in [3.8, 4) is 0 Å². The van der Waals surface area contributed by atoms with Crippen molar-refractivity contribution >= 4 is 23.2 Å². The van der Waals surface area contributed by atoms with Gasteiger partial charge < -0.3 is 14.5 Å². The SMILES string of the molecule is Cc1nc(C)c(C(=O)N2CCCC(CCC(=O)N3CCOCC3)C2)s1. The van der Waals surface area contributed by atoms with Crippen LogP contribution >= 0.6 is 11.3 Å². The van der Waals surface area contributed by atoms with Crippen LogP contribution in [0, 0.1) is 19.8 Å². The predicted molar refractivity (Wildman–Crippen MR) is 96.8 cm³/mol. The molecule has 1 aromatic rings. The first-order chi connectivity index (χ1) is 12.0. The minimum absolute atomic E-state index is 0.104. The molecule has 0 N–H and O–H groups in total. The van der Waals surface area contributed by atoms with Gasteiger partial charge in [0, 0.05) is 32.6 Å². The Morgan fingerprint density at radius 2 is 1.96 bits per heavy atom. The average Bonchev–Trinajstić information content (AvgIpc) is 2.98. The molecule has 6 nitrogen and oxygen atoms in total. The van der Waals surface area contributed by atoms with Gasteiger partial charge in [0.25, 0.3) is 5.91 Å². The Labute approximate surface area is 153 Å². The van der Waals surface area contributed by atoms with E-state index in [9.17, 15) is 9.59 Å². The molecule has 2 fully saturated rings. The molecule has 2 aliphatic rings. The Hall–Kier alpha value is -1.47. The lowest BCUT2D eigenvalue weighted by molar-refractivity contribution is -0.135. The van der Waals surface area contributed by atoms with Crippen molar-refractivity contribution in [3.05, 3.63) is 15.6 Å². The maximum absolute atomic E-state index is 12.8. The molecule has 2 aliphatic heterocycles. The van der Waals surface area contributed by atoms with Crippen molar-refractivity contribution in [1.82, 2.24) is 14.8 Å². The summed E-state index contributed by atoms with van der Waals surface area (Å²) in [6.07, 6.45) is 3.55. The zero-order chi connectivity index (χ0) is 17.8. The third kappa shape index (κ3) is 4.58. The smallest absolute Gasteiger partial charge is 0.265 e. The topological polar surface area (TPSA) is 62.7 Å².